The summed E-state index contributed by atoms with van der Waals surface area (Å²) in [6.45, 7) is 0. The fourth-order valence-corrected chi connectivity index (χ4v) is 3.58. The van der Waals surface area contributed by atoms with Gasteiger partial charge in [-0.05, 0) is 24.3 Å². The molecule has 146 valence electrons. The summed E-state index contributed by atoms with van der Waals surface area (Å²) in [4.78, 5) is 19.1. The number of amides is 1. The number of anilines is 1. The number of hydrogen-bond donors (Lipinski definition) is 0. The number of rotatable bonds is 6. The maximum absolute atomic E-state index is 13.0. The monoisotopic (exact) mass is 418 g/mol. The van der Waals surface area contributed by atoms with Gasteiger partial charge in [0.25, 0.3) is 5.91 Å². The lowest BCUT2D eigenvalue weighted by Crippen LogP contribution is -2.26. The predicted molar refractivity (Wildman–Crippen MR) is 111 cm³/mol. The van der Waals surface area contributed by atoms with Crippen molar-refractivity contribution in [3.05, 3.63) is 52.4 Å². The third-order valence-corrected chi connectivity index (χ3v) is 5.30. The van der Waals surface area contributed by atoms with Crippen LogP contribution in [-0.2, 0) is 0 Å². The van der Waals surface area contributed by atoms with Gasteiger partial charge in [-0.15, -0.1) is 11.3 Å². The van der Waals surface area contributed by atoms with Gasteiger partial charge in [-0.1, -0.05) is 23.7 Å². The molecule has 0 saturated heterocycles. The number of hydrogen-bond acceptors (Lipinski definition) is 6. The fraction of sp³-hybridized carbons (Fsp3) is 0.200. The highest BCUT2D eigenvalue weighted by Gasteiger charge is 2.22. The van der Waals surface area contributed by atoms with Gasteiger partial charge < -0.3 is 14.2 Å². The highest BCUT2D eigenvalue weighted by atomic mass is 35.5. The summed E-state index contributed by atoms with van der Waals surface area (Å²) < 4.78 is 16.0. The van der Waals surface area contributed by atoms with Crippen molar-refractivity contribution >= 4 is 34.0 Å². The molecule has 0 aliphatic heterocycles. The molecule has 2 aromatic carbocycles. The van der Waals surface area contributed by atoms with Gasteiger partial charge in [0.05, 0.1) is 27.0 Å². The lowest BCUT2D eigenvalue weighted by molar-refractivity contribution is 0.0992. The lowest BCUT2D eigenvalue weighted by Gasteiger charge is -2.17. The van der Waals surface area contributed by atoms with E-state index in [0.717, 1.165) is 11.3 Å². The molecule has 3 aromatic rings. The molecular formula is C20H19ClN2O4S. The van der Waals surface area contributed by atoms with E-state index in [2.05, 4.69) is 4.98 Å². The Hall–Kier alpha value is -2.77. The Balaban J connectivity index is 1.90. The van der Waals surface area contributed by atoms with Crippen LogP contribution < -0.4 is 19.1 Å². The van der Waals surface area contributed by atoms with E-state index in [1.54, 1.807) is 31.3 Å². The number of thiazole rings is 1. The van der Waals surface area contributed by atoms with Crippen LogP contribution >= 0.6 is 22.9 Å². The van der Waals surface area contributed by atoms with E-state index in [0.29, 0.717) is 33.0 Å². The predicted octanol–water partition coefficient (Wildman–Crippen LogP) is 4.77. The zero-order valence-corrected chi connectivity index (χ0v) is 17.4. The van der Waals surface area contributed by atoms with Crippen LogP contribution in [0.5, 0.6) is 17.2 Å². The van der Waals surface area contributed by atoms with Gasteiger partial charge in [0.15, 0.2) is 16.6 Å². The smallest absolute Gasteiger partial charge is 0.260 e. The van der Waals surface area contributed by atoms with Crippen LogP contribution in [-0.4, -0.2) is 39.3 Å². The zero-order valence-electron chi connectivity index (χ0n) is 15.9. The SMILES string of the molecule is COc1cc(C(=O)N(C)c2nc(-c3ccc(Cl)cc3)cs2)cc(OC)c1OC. The molecule has 0 aliphatic rings. The Labute approximate surface area is 172 Å². The average Bonchev–Trinajstić information content (AvgIpc) is 3.22. The molecule has 1 aromatic heterocycles. The van der Waals surface area contributed by atoms with Crippen molar-refractivity contribution in [1.29, 1.82) is 0 Å². The van der Waals surface area contributed by atoms with E-state index in [1.165, 1.54) is 37.6 Å². The second kappa shape index (κ2) is 8.50. The van der Waals surface area contributed by atoms with Crippen molar-refractivity contribution in [2.45, 2.75) is 0 Å². The number of methoxy groups -OCH3 is 3. The summed E-state index contributed by atoms with van der Waals surface area (Å²) in [6.07, 6.45) is 0. The second-order valence-electron chi connectivity index (χ2n) is 5.80. The zero-order chi connectivity index (χ0) is 20.3. The molecule has 0 unspecified atom stereocenters. The Morgan fingerprint density at radius 1 is 1.04 bits per heavy atom. The van der Waals surface area contributed by atoms with Crippen molar-refractivity contribution in [2.24, 2.45) is 0 Å². The molecule has 6 nitrogen and oxygen atoms in total. The first-order chi connectivity index (χ1) is 13.5. The summed E-state index contributed by atoms with van der Waals surface area (Å²) in [7, 11) is 6.21. The molecule has 0 saturated carbocycles. The van der Waals surface area contributed by atoms with E-state index < -0.39 is 0 Å². The third-order valence-electron chi connectivity index (χ3n) is 4.14. The number of carbonyl (C=O) groups excluding carboxylic acids is 1. The number of ether oxygens (including phenoxy) is 3. The maximum Gasteiger partial charge on any atom is 0.260 e. The lowest BCUT2D eigenvalue weighted by atomic mass is 10.1. The van der Waals surface area contributed by atoms with Gasteiger partial charge in [0.2, 0.25) is 5.75 Å². The van der Waals surface area contributed by atoms with Gasteiger partial charge in [0.1, 0.15) is 0 Å². The van der Waals surface area contributed by atoms with Gasteiger partial charge in [0, 0.05) is 28.6 Å². The van der Waals surface area contributed by atoms with Crippen molar-refractivity contribution in [3.63, 3.8) is 0 Å². The van der Waals surface area contributed by atoms with E-state index >= 15 is 0 Å². The number of nitrogens with zero attached hydrogens (tertiary/aromatic N) is 2. The first kappa shape index (κ1) is 20.0. The molecule has 0 fully saturated rings. The van der Waals surface area contributed by atoms with Crippen molar-refractivity contribution < 1.29 is 19.0 Å². The molecule has 0 atom stereocenters. The average molecular weight is 419 g/mol. The standard InChI is InChI=1S/C20H19ClN2O4S/c1-23(20-22-15(11-28-20)12-5-7-14(21)8-6-12)19(24)13-9-16(25-2)18(27-4)17(10-13)26-3/h5-11H,1-4H3. The largest absolute Gasteiger partial charge is 0.493 e. The molecule has 3 rings (SSSR count). The number of halogens is 1. The molecular weight excluding hydrogens is 400 g/mol. The van der Waals surface area contributed by atoms with Crippen LogP contribution in [0, 0.1) is 0 Å². The van der Waals surface area contributed by atoms with Crippen LogP contribution in [0.3, 0.4) is 0 Å². The summed E-state index contributed by atoms with van der Waals surface area (Å²) in [5.74, 6) is 1.03. The second-order valence-corrected chi connectivity index (χ2v) is 7.07. The van der Waals surface area contributed by atoms with E-state index in [-0.39, 0.29) is 5.91 Å². The van der Waals surface area contributed by atoms with Crippen LogP contribution in [0.1, 0.15) is 10.4 Å². The van der Waals surface area contributed by atoms with Crippen LogP contribution in [0.2, 0.25) is 5.02 Å². The third kappa shape index (κ3) is 3.90. The Kier molecular flexibility index (Phi) is 6.06. The first-order valence-corrected chi connectivity index (χ1v) is 9.53. The van der Waals surface area contributed by atoms with E-state index in [4.69, 9.17) is 25.8 Å². The molecule has 0 bridgehead atoms. The highest BCUT2D eigenvalue weighted by molar-refractivity contribution is 7.14. The molecule has 1 heterocycles. The van der Waals surface area contributed by atoms with Crippen molar-refractivity contribution in [3.8, 4) is 28.5 Å². The first-order valence-electron chi connectivity index (χ1n) is 8.28. The van der Waals surface area contributed by atoms with Crippen LogP contribution in [0.25, 0.3) is 11.3 Å². The number of carbonyl (C=O) groups is 1. The number of aromatic nitrogens is 1. The van der Waals surface area contributed by atoms with Gasteiger partial charge >= 0.3 is 0 Å². The van der Waals surface area contributed by atoms with Gasteiger partial charge in [-0.3, -0.25) is 9.69 Å². The molecule has 8 heteroatoms. The minimum atomic E-state index is -0.240. The molecule has 28 heavy (non-hydrogen) atoms. The van der Waals surface area contributed by atoms with Crippen LogP contribution in [0.15, 0.2) is 41.8 Å². The van der Waals surface area contributed by atoms with Gasteiger partial charge in [-0.25, -0.2) is 4.98 Å². The Morgan fingerprint density at radius 2 is 1.64 bits per heavy atom. The molecule has 0 N–H and O–H groups in total. The molecule has 0 aliphatic carbocycles. The summed E-state index contributed by atoms with van der Waals surface area (Å²) >= 11 is 7.32. The molecule has 0 spiro atoms. The minimum Gasteiger partial charge on any atom is -0.493 e. The van der Waals surface area contributed by atoms with E-state index in [1.807, 2.05) is 17.5 Å². The summed E-state index contributed by atoms with van der Waals surface area (Å²) in [5, 5.41) is 3.13. The Bertz CT molecular complexity index is 963. The fourth-order valence-electron chi connectivity index (χ4n) is 2.66. The Morgan fingerprint density at radius 3 is 2.18 bits per heavy atom. The maximum atomic E-state index is 13.0. The van der Waals surface area contributed by atoms with Crippen molar-refractivity contribution in [1.82, 2.24) is 4.98 Å². The summed E-state index contributed by atoms with van der Waals surface area (Å²) in [6, 6.07) is 10.6. The van der Waals surface area contributed by atoms with Crippen LogP contribution in [0.4, 0.5) is 5.13 Å². The van der Waals surface area contributed by atoms with Gasteiger partial charge in [-0.2, -0.15) is 0 Å². The topological polar surface area (TPSA) is 60.9 Å². The highest BCUT2D eigenvalue weighted by Crippen LogP contribution is 2.39. The minimum absolute atomic E-state index is 0.240. The number of benzene rings is 2. The van der Waals surface area contributed by atoms with Crippen molar-refractivity contribution in [2.75, 3.05) is 33.3 Å². The normalized spacial score (nSPS) is 10.5. The quantitative estimate of drug-likeness (QED) is 0.577. The van der Waals surface area contributed by atoms with E-state index in [9.17, 15) is 4.79 Å². The molecule has 0 radical (unpaired) electrons. The molecule has 1 amide bonds. The summed E-state index contributed by atoms with van der Waals surface area (Å²) in [5.41, 5.74) is 2.11.